The van der Waals surface area contributed by atoms with Gasteiger partial charge in [-0.25, -0.2) is 0 Å². The quantitative estimate of drug-likeness (QED) is 0.792. The summed E-state index contributed by atoms with van der Waals surface area (Å²) in [6, 6.07) is 16.7. The molecule has 132 valence electrons. The largest absolute Gasteiger partial charge is 0.378 e. The molecule has 4 nitrogen and oxygen atoms in total. The molecule has 0 aromatic heterocycles. The van der Waals surface area contributed by atoms with Gasteiger partial charge in [-0.3, -0.25) is 0 Å². The molecule has 2 aromatic rings. The number of nitrogens with one attached hydrogen (secondary N) is 2. The van der Waals surface area contributed by atoms with Gasteiger partial charge in [0.25, 0.3) is 0 Å². The van der Waals surface area contributed by atoms with Crippen molar-refractivity contribution in [3.05, 3.63) is 54.1 Å². The number of hydrogen-bond donors (Lipinski definition) is 2. The highest BCUT2D eigenvalue weighted by Gasteiger charge is 2.15. The van der Waals surface area contributed by atoms with Gasteiger partial charge in [0.15, 0.2) is 5.11 Å². The van der Waals surface area contributed by atoms with Crippen LogP contribution in [-0.4, -0.2) is 31.4 Å². The third-order valence-corrected chi connectivity index (χ3v) is 4.54. The summed E-state index contributed by atoms with van der Waals surface area (Å²) in [7, 11) is 0. The van der Waals surface area contributed by atoms with Gasteiger partial charge in [0.1, 0.15) is 0 Å². The second-order valence-electron chi connectivity index (χ2n) is 6.47. The number of ether oxygens (including phenoxy) is 1. The lowest BCUT2D eigenvalue weighted by Gasteiger charge is -2.30. The molecule has 1 heterocycles. The van der Waals surface area contributed by atoms with Crippen LogP contribution in [0.15, 0.2) is 48.5 Å². The molecular weight excluding hydrogens is 330 g/mol. The number of anilines is 3. The molecule has 1 fully saturated rings. The van der Waals surface area contributed by atoms with Crippen molar-refractivity contribution >= 4 is 34.4 Å². The topological polar surface area (TPSA) is 36.5 Å². The van der Waals surface area contributed by atoms with Crippen LogP contribution >= 0.6 is 12.2 Å². The molecule has 5 heteroatoms. The number of hydrogen-bond acceptors (Lipinski definition) is 3. The highest BCUT2D eigenvalue weighted by molar-refractivity contribution is 7.80. The molecule has 0 atom stereocenters. The summed E-state index contributed by atoms with van der Waals surface area (Å²) < 4.78 is 5.45. The molecule has 0 radical (unpaired) electrons. The monoisotopic (exact) mass is 355 g/mol. The summed E-state index contributed by atoms with van der Waals surface area (Å²) in [6.45, 7) is 7.71. The predicted molar refractivity (Wildman–Crippen MR) is 110 cm³/mol. The summed E-state index contributed by atoms with van der Waals surface area (Å²) in [5, 5.41) is 7.19. The Labute approximate surface area is 155 Å². The molecule has 1 aliphatic rings. The van der Waals surface area contributed by atoms with Gasteiger partial charge >= 0.3 is 0 Å². The molecular formula is C20H25N3OS. The van der Waals surface area contributed by atoms with Gasteiger partial charge in [-0.15, -0.1) is 0 Å². The summed E-state index contributed by atoms with van der Waals surface area (Å²) in [4.78, 5) is 2.33. The fraction of sp³-hybridized carbons (Fsp3) is 0.350. The van der Waals surface area contributed by atoms with E-state index in [1.165, 1.54) is 5.56 Å². The minimum Gasteiger partial charge on any atom is -0.378 e. The average molecular weight is 356 g/mol. The lowest BCUT2D eigenvalue weighted by Crippen LogP contribution is -2.36. The molecule has 0 aliphatic carbocycles. The maximum atomic E-state index is 5.50. The minimum atomic E-state index is 0.527. The van der Waals surface area contributed by atoms with Crippen molar-refractivity contribution in [3.63, 3.8) is 0 Å². The number of para-hydroxylation sites is 2. The lowest BCUT2D eigenvalue weighted by atomic mass is 10.0. The van der Waals surface area contributed by atoms with E-state index in [1.54, 1.807) is 0 Å². The van der Waals surface area contributed by atoms with Gasteiger partial charge in [-0.1, -0.05) is 38.1 Å². The molecule has 25 heavy (non-hydrogen) atoms. The van der Waals surface area contributed by atoms with Crippen molar-refractivity contribution in [2.24, 2.45) is 0 Å². The number of morpholine rings is 1. The van der Waals surface area contributed by atoms with Crippen LogP contribution in [0, 0.1) is 0 Å². The third-order valence-electron chi connectivity index (χ3n) is 4.34. The van der Waals surface area contributed by atoms with E-state index >= 15 is 0 Å². The van der Waals surface area contributed by atoms with E-state index in [0.29, 0.717) is 11.0 Å². The second-order valence-corrected chi connectivity index (χ2v) is 6.88. The molecule has 2 aromatic carbocycles. The summed E-state index contributed by atoms with van der Waals surface area (Å²) in [5.74, 6) is 0.527. The average Bonchev–Trinajstić information content (AvgIpc) is 2.63. The number of thiocarbonyl (C=S) groups is 1. The molecule has 0 spiro atoms. The molecule has 3 rings (SSSR count). The first-order valence-electron chi connectivity index (χ1n) is 8.73. The van der Waals surface area contributed by atoms with E-state index in [9.17, 15) is 0 Å². The van der Waals surface area contributed by atoms with Crippen molar-refractivity contribution < 1.29 is 4.74 Å². The van der Waals surface area contributed by atoms with Gasteiger partial charge < -0.3 is 20.3 Å². The SMILES string of the molecule is CC(C)c1ccc(NC(=S)Nc2ccccc2N2CCOCC2)cc1. The van der Waals surface area contributed by atoms with Crippen LogP contribution in [0.5, 0.6) is 0 Å². The van der Waals surface area contributed by atoms with E-state index in [-0.39, 0.29) is 0 Å². The van der Waals surface area contributed by atoms with Crippen LogP contribution in [0.2, 0.25) is 0 Å². The van der Waals surface area contributed by atoms with E-state index < -0.39 is 0 Å². The van der Waals surface area contributed by atoms with Gasteiger partial charge in [0.2, 0.25) is 0 Å². The van der Waals surface area contributed by atoms with Crippen LogP contribution < -0.4 is 15.5 Å². The lowest BCUT2D eigenvalue weighted by molar-refractivity contribution is 0.123. The fourth-order valence-electron chi connectivity index (χ4n) is 2.90. The second kappa shape index (κ2) is 8.32. The molecule has 0 unspecified atom stereocenters. The molecule has 1 aliphatic heterocycles. The Morgan fingerprint density at radius 2 is 1.68 bits per heavy atom. The standard InChI is InChI=1S/C20H25N3OS/c1-15(2)16-7-9-17(10-8-16)21-20(25)22-18-5-3-4-6-19(18)23-11-13-24-14-12-23/h3-10,15H,11-14H2,1-2H3,(H2,21,22,25). The predicted octanol–water partition coefficient (Wildman–Crippen LogP) is 4.46. The summed E-state index contributed by atoms with van der Waals surface area (Å²) in [5.41, 5.74) is 4.48. The Kier molecular flexibility index (Phi) is 5.89. The fourth-order valence-corrected chi connectivity index (χ4v) is 3.12. The Morgan fingerprint density at radius 1 is 1.00 bits per heavy atom. The van der Waals surface area contributed by atoms with Crippen molar-refractivity contribution in [1.29, 1.82) is 0 Å². The van der Waals surface area contributed by atoms with Crippen LogP contribution in [0.25, 0.3) is 0 Å². The van der Waals surface area contributed by atoms with Crippen molar-refractivity contribution in [1.82, 2.24) is 0 Å². The van der Waals surface area contributed by atoms with E-state index in [2.05, 4.69) is 71.8 Å². The molecule has 1 saturated heterocycles. The van der Waals surface area contributed by atoms with E-state index in [1.807, 2.05) is 6.07 Å². The van der Waals surface area contributed by atoms with Crippen molar-refractivity contribution in [2.75, 3.05) is 41.8 Å². The number of rotatable bonds is 4. The zero-order valence-corrected chi connectivity index (χ0v) is 15.6. The molecule has 0 saturated carbocycles. The Balaban J connectivity index is 1.66. The van der Waals surface area contributed by atoms with Crippen molar-refractivity contribution in [2.45, 2.75) is 19.8 Å². The maximum absolute atomic E-state index is 5.50. The number of nitrogens with zero attached hydrogens (tertiary/aromatic N) is 1. The molecule has 0 bridgehead atoms. The van der Waals surface area contributed by atoms with E-state index in [0.717, 1.165) is 43.4 Å². The highest BCUT2D eigenvalue weighted by atomic mass is 32.1. The van der Waals surface area contributed by atoms with Crippen LogP contribution in [0.3, 0.4) is 0 Å². The normalized spacial score (nSPS) is 14.4. The first-order chi connectivity index (χ1) is 12.1. The van der Waals surface area contributed by atoms with Gasteiger partial charge in [-0.2, -0.15) is 0 Å². The molecule has 2 N–H and O–H groups in total. The Bertz CT molecular complexity index is 709. The first-order valence-corrected chi connectivity index (χ1v) is 9.14. The zero-order valence-electron chi connectivity index (χ0n) is 14.8. The van der Waals surface area contributed by atoms with Crippen molar-refractivity contribution in [3.8, 4) is 0 Å². The summed E-state index contributed by atoms with van der Waals surface area (Å²) >= 11 is 5.50. The smallest absolute Gasteiger partial charge is 0.175 e. The van der Waals surface area contributed by atoms with Gasteiger partial charge in [0.05, 0.1) is 24.6 Å². The van der Waals surface area contributed by atoms with Crippen LogP contribution in [-0.2, 0) is 4.74 Å². The first kappa shape index (κ1) is 17.7. The minimum absolute atomic E-state index is 0.527. The van der Waals surface area contributed by atoms with Gasteiger partial charge in [-0.05, 0) is 48.0 Å². The maximum Gasteiger partial charge on any atom is 0.175 e. The highest BCUT2D eigenvalue weighted by Crippen LogP contribution is 2.26. The number of benzene rings is 2. The summed E-state index contributed by atoms with van der Waals surface area (Å²) in [6.07, 6.45) is 0. The van der Waals surface area contributed by atoms with Crippen LogP contribution in [0.1, 0.15) is 25.3 Å². The zero-order chi connectivity index (χ0) is 17.6. The third kappa shape index (κ3) is 4.71. The Morgan fingerprint density at radius 3 is 2.36 bits per heavy atom. The van der Waals surface area contributed by atoms with Gasteiger partial charge in [0, 0.05) is 18.8 Å². The van der Waals surface area contributed by atoms with Crippen LogP contribution in [0.4, 0.5) is 17.1 Å². The molecule has 0 amide bonds. The van der Waals surface area contributed by atoms with E-state index in [4.69, 9.17) is 17.0 Å². The Hall–Kier alpha value is -2.11.